The van der Waals surface area contributed by atoms with Gasteiger partial charge < -0.3 is 61.6 Å². The van der Waals surface area contributed by atoms with Crippen LogP contribution in [-0.2, 0) is 61.6 Å². The van der Waals surface area contributed by atoms with Gasteiger partial charge in [-0.15, -0.1) is 0 Å². The third kappa shape index (κ3) is 51.5. The fraction of sp³-hybridized carbons (Fsp3) is 1.00. The van der Waals surface area contributed by atoms with Gasteiger partial charge in [0.05, 0.1) is 159 Å². The Hall–Kier alpha value is -0.520. The van der Waals surface area contributed by atoms with Gasteiger partial charge in [-0.1, -0.05) is 84.0 Å². The van der Waals surface area contributed by atoms with Crippen molar-refractivity contribution in [3.8, 4) is 0 Å². The summed E-state index contributed by atoms with van der Waals surface area (Å²) in [6, 6.07) is 0. The molecule has 13 heteroatoms. The number of hydrogen-bond acceptors (Lipinski definition) is 13. The highest BCUT2D eigenvalue weighted by Crippen LogP contribution is 2.12. The lowest BCUT2D eigenvalue weighted by molar-refractivity contribution is -0.0287. The fourth-order valence-corrected chi connectivity index (χ4v) is 4.89. The van der Waals surface area contributed by atoms with Crippen LogP contribution in [0.1, 0.15) is 90.4 Å². The lowest BCUT2D eigenvalue weighted by Gasteiger charge is -2.09. The van der Waals surface area contributed by atoms with Crippen LogP contribution in [-0.4, -0.2) is 172 Å². The minimum absolute atomic E-state index is 0.517. The number of unbranched alkanes of at least 4 members (excludes halogenated alkanes) is 12. The maximum Gasteiger partial charge on any atom is 0.0701 e. The molecular formula is C40H82O13. The van der Waals surface area contributed by atoms with Gasteiger partial charge in [-0.2, -0.15) is 0 Å². The van der Waals surface area contributed by atoms with E-state index in [1.807, 2.05) is 0 Å². The Balaban J connectivity index is 3.05. The third-order valence-corrected chi connectivity index (χ3v) is 7.92. The van der Waals surface area contributed by atoms with E-state index in [9.17, 15) is 0 Å². The van der Waals surface area contributed by atoms with Gasteiger partial charge in [-0.25, -0.2) is 0 Å². The smallest absolute Gasteiger partial charge is 0.0701 e. The summed E-state index contributed by atoms with van der Waals surface area (Å²) >= 11 is 0. The first-order valence-corrected chi connectivity index (χ1v) is 20.8. The molecule has 0 atom stereocenters. The van der Waals surface area contributed by atoms with Crippen LogP contribution in [0.15, 0.2) is 0 Å². The summed E-state index contributed by atoms with van der Waals surface area (Å²) in [5, 5.41) is 0. The first kappa shape index (κ1) is 52.5. The maximum atomic E-state index is 5.68. The molecule has 0 aliphatic heterocycles. The number of ether oxygens (including phenoxy) is 13. The highest BCUT2D eigenvalue weighted by molar-refractivity contribution is 4.49. The Morgan fingerprint density at radius 1 is 0.189 bits per heavy atom. The molecule has 0 fully saturated rings. The number of hydrogen-bond donors (Lipinski definition) is 0. The minimum Gasteiger partial charge on any atom is -0.382 e. The van der Waals surface area contributed by atoms with E-state index in [1.54, 1.807) is 7.11 Å². The van der Waals surface area contributed by atoms with Crippen LogP contribution in [0.4, 0.5) is 0 Å². The molecule has 0 aromatic rings. The molecule has 0 bridgehead atoms. The Bertz CT molecular complexity index is 571. The predicted molar refractivity (Wildman–Crippen MR) is 207 cm³/mol. The molecule has 0 aliphatic rings. The van der Waals surface area contributed by atoms with Crippen LogP contribution in [0.3, 0.4) is 0 Å². The monoisotopic (exact) mass is 771 g/mol. The molecule has 0 N–H and O–H groups in total. The summed E-state index contributed by atoms with van der Waals surface area (Å²) in [6.07, 6.45) is 17.8. The van der Waals surface area contributed by atoms with Gasteiger partial charge in [0.1, 0.15) is 0 Å². The molecule has 0 rings (SSSR count). The molecule has 0 aromatic heterocycles. The summed E-state index contributed by atoms with van der Waals surface area (Å²) in [6.45, 7) is 16.2. The van der Waals surface area contributed by atoms with Gasteiger partial charge >= 0.3 is 0 Å². The quantitative estimate of drug-likeness (QED) is 0.0682. The highest BCUT2D eigenvalue weighted by Gasteiger charge is 1.98. The molecule has 0 unspecified atom stereocenters. The zero-order valence-electron chi connectivity index (χ0n) is 34.2. The standard InChI is InChI=1S/C40H82O13/c1-3-4-5-6-7-8-9-10-11-12-13-14-15-16-42-19-20-44-23-24-46-27-28-48-31-32-50-35-36-52-39-40-53-38-37-51-34-33-49-30-29-47-26-25-45-22-21-43-18-17-41-2/h3-40H2,1-2H3. The van der Waals surface area contributed by atoms with E-state index < -0.39 is 0 Å². The first-order chi connectivity index (χ1) is 26.4. The van der Waals surface area contributed by atoms with Crippen molar-refractivity contribution in [1.82, 2.24) is 0 Å². The van der Waals surface area contributed by atoms with E-state index in [1.165, 1.54) is 77.0 Å². The average Bonchev–Trinajstić information content (AvgIpc) is 3.17. The summed E-state index contributed by atoms with van der Waals surface area (Å²) in [5.74, 6) is 0. The molecule has 53 heavy (non-hydrogen) atoms. The molecule has 0 saturated heterocycles. The van der Waals surface area contributed by atoms with Crippen molar-refractivity contribution in [2.45, 2.75) is 90.4 Å². The molecule has 320 valence electrons. The second-order valence-corrected chi connectivity index (χ2v) is 12.6. The normalized spacial score (nSPS) is 11.7. The SMILES string of the molecule is CCCCCCCCCCCCCCCOCCOCCOCCOCCOCCOCCOCCOCCOCCOCCOCCOCCOC. The maximum absolute atomic E-state index is 5.68. The van der Waals surface area contributed by atoms with Gasteiger partial charge in [-0.05, 0) is 6.42 Å². The van der Waals surface area contributed by atoms with E-state index in [2.05, 4.69) is 6.92 Å². The second-order valence-electron chi connectivity index (χ2n) is 12.6. The molecule has 0 aromatic carbocycles. The van der Waals surface area contributed by atoms with E-state index in [-0.39, 0.29) is 0 Å². The zero-order valence-corrected chi connectivity index (χ0v) is 34.2. The molecule has 0 saturated carbocycles. The third-order valence-electron chi connectivity index (χ3n) is 7.92. The van der Waals surface area contributed by atoms with Crippen molar-refractivity contribution < 1.29 is 61.6 Å². The van der Waals surface area contributed by atoms with Crippen LogP contribution in [0.5, 0.6) is 0 Å². The summed E-state index contributed by atoms with van der Waals surface area (Å²) < 4.78 is 70.9. The number of methoxy groups -OCH3 is 1. The van der Waals surface area contributed by atoms with Crippen molar-refractivity contribution in [3.05, 3.63) is 0 Å². The Kier molecular flexibility index (Phi) is 51.0. The van der Waals surface area contributed by atoms with Crippen LogP contribution in [0, 0.1) is 0 Å². The van der Waals surface area contributed by atoms with Gasteiger partial charge in [0.15, 0.2) is 0 Å². The van der Waals surface area contributed by atoms with Crippen molar-refractivity contribution in [3.63, 3.8) is 0 Å². The van der Waals surface area contributed by atoms with Crippen molar-refractivity contribution in [2.24, 2.45) is 0 Å². The van der Waals surface area contributed by atoms with Crippen LogP contribution in [0.2, 0.25) is 0 Å². The van der Waals surface area contributed by atoms with Crippen LogP contribution < -0.4 is 0 Å². The van der Waals surface area contributed by atoms with Gasteiger partial charge in [0.2, 0.25) is 0 Å². The molecular weight excluding hydrogens is 688 g/mol. The van der Waals surface area contributed by atoms with Crippen molar-refractivity contribution in [1.29, 1.82) is 0 Å². The molecule has 13 nitrogen and oxygen atoms in total. The second kappa shape index (κ2) is 51.5. The molecule has 0 spiro atoms. The predicted octanol–water partition coefficient (Wildman–Crippen LogP) is 5.92. The Morgan fingerprint density at radius 2 is 0.358 bits per heavy atom. The molecule has 0 aliphatic carbocycles. The zero-order chi connectivity index (χ0) is 38.1. The van der Waals surface area contributed by atoms with E-state index in [4.69, 9.17) is 61.6 Å². The summed E-state index contributed by atoms with van der Waals surface area (Å²) in [7, 11) is 1.65. The van der Waals surface area contributed by atoms with Gasteiger partial charge in [0, 0.05) is 13.7 Å². The highest BCUT2D eigenvalue weighted by atomic mass is 16.6. The lowest BCUT2D eigenvalue weighted by Crippen LogP contribution is -2.15. The topological polar surface area (TPSA) is 120 Å². The van der Waals surface area contributed by atoms with Crippen molar-refractivity contribution >= 4 is 0 Å². The largest absolute Gasteiger partial charge is 0.382 e. The Labute approximate surface area is 323 Å². The minimum atomic E-state index is 0.517. The Morgan fingerprint density at radius 3 is 0.566 bits per heavy atom. The van der Waals surface area contributed by atoms with Gasteiger partial charge in [0.25, 0.3) is 0 Å². The first-order valence-electron chi connectivity index (χ1n) is 20.8. The average molecular weight is 771 g/mol. The molecule has 0 heterocycles. The summed E-state index contributed by atoms with van der Waals surface area (Å²) in [5.41, 5.74) is 0. The summed E-state index contributed by atoms with van der Waals surface area (Å²) in [4.78, 5) is 0. The molecule has 0 radical (unpaired) electrons. The van der Waals surface area contributed by atoms with E-state index >= 15 is 0 Å². The van der Waals surface area contributed by atoms with Crippen LogP contribution >= 0.6 is 0 Å². The fourth-order valence-electron chi connectivity index (χ4n) is 4.89. The van der Waals surface area contributed by atoms with Crippen molar-refractivity contribution in [2.75, 3.05) is 172 Å². The van der Waals surface area contributed by atoms with Gasteiger partial charge in [-0.3, -0.25) is 0 Å². The number of rotatable bonds is 50. The van der Waals surface area contributed by atoms with E-state index in [0.717, 1.165) is 13.0 Å². The molecule has 0 amide bonds. The lowest BCUT2D eigenvalue weighted by atomic mass is 10.0. The van der Waals surface area contributed by atoms with E-state index in [0.29, 0.717) is 159 Å². The van der Waals surface area contributed by atoms with Crippen LogP contribution in [0.25, 0.3) is 0 Å².